The number of ether oxygens (including phenoxy) is 1. The Morgan fingerprint density at radius 1 is 1.13 bits per heavy atom. The van der Waals surface area contributed by atoms with E-state index in [1.54, 1.807) is 0 Å². The summed E-state index contributed by atoms with van der Waals surface area (Å²) in [5.74, 6) is 2.77. The predicted molar refractivity (Wildman–Crippen MR) is 93.1 cm³/mol. The van der Waals surface area contributed by atoms with Crippen LogP contribution in [0.25, 0.3) is 0 Å². The number of rotatable bonds is 0. The Hall–Kier alpha value is -2.33. The van der Waals surface area contributed by atoms with E-state index in [0.29, 0.717) is 0 Å². The quantitative estimate of drug-likeness (QED) is 0.800. The molecule has 0 unspecified atom stereocenters. The molecule has 4 heteroatoms. The first-order valence-electron chi connectivity index (χ1n) is 8.22. The van der Waals surface area contributed by atoms with Gasteiger partial charge in [-0.15, -0.1) is 0 Å². The Labute approximate surface area is 136 Å². The molecule has 23 heavy (non-hydrogen) atoms. The summed E-state index contributed by atoms with van der Waals surface area (Å²) in [5.41, 5.74) is 3.25. The molecule has 1 saturated heterocycles. The fourth-order valence-electron chi connectivity index (χ4n) is 3.14. The molecule has 118 valence electrons. The molecule has 0 bridgehead atoms. The highest BCUT2D eigenvalue weighted by Crippen LogP contribution is 2.36. The zero-order valence-corrected chi connectivity index (χ0v) is 13.4. The van der Waals surface area contributed by atoms with Gasteiger partial charge in [0.1, 0.15) is 17.3 Å². The number of hydrogen-bond donors (Lipinski definition) is 1. The zero-order chi connectivity index (χ0) is 15.6. The number of aliphatic imine (C=N–C) groups is 1. The minimum atomic E-state index is 0.828. The van der Waals surface area contributed by atoms with Gasteiger partial charge in [0, 0.05) is 26.2 Å². The van der Waals surface area contributed by atoms with Crippen LogP contribution in [0.5, 0.6) is 5.75 Å². The van der Waals surface area contributed by atoms with E-state index in [4.69, 9.17) is 9.73 Å². The number of allylic oxidation sites excluding steroid dienone is 4. The molecule has 0 radical (unpaired) electrons. The molecule has 0 atom stereocenters. The Bertz CT molecular complexity index is 737. The monoisotopic (exact) mass is 307 g/mol. The van der Waals surface area contributed by atoms with Crippen molar-refractivity contribution in [2.75, 3.05) is 26.2 Å². The summed E-state index contributed by atoms with van der Waals surface area (Å²) in [7, 11) is 0. The number of hydrogen-bond acceptors (Lipinski definition) is 4. The molecule has 0 aromatic heterocycles. The fourth-order valence-corrected chi connectivity index (χ4v) is 3.14. The third-order valence-corrected chi connectivity index (χ3v) is 4.35. The lowest BCUT2D eigenvalue weighted by atomic mass is 10.1. The maximum absolute atomic E-state index is 6.21. The third-order valence-electron chi connectivity index (χ3n) is 4.35. The molecule has 0 amide bonds. The predicted octanol–water partition coefficient (Wildman–Crippen LogP) is 3.17. The fraction of sp³-hybridized carbons (Fsp3) is 0.316. The van der Waals surface area contributed by atoms with Crippen LogP contribution in [0.1, 0.15) is 13.3 Å². The summed E-state index contributed by atoms with van der Waals surface area (Å²) in [6, 6.07) is 8.01. The molecule has 0 spiro atoms. The minimum Gasteiger partial charge on any atom is -0.455 e. The molecule has 2 heterocycles. The third kappa shape index (κ3) is 2.82. The van der Waals surface area contributed by atoms with E-state index in [2.05, 4.69) is 35.4 Å². The second-order valence-electron chi connectivity index (χ2n) is 6.05. The van der Waals surface area contributed by atoms with Crippen LogP contribution in [-0.2, 0) is 0 Å². The van der Waals surface area contributed by atoms with E-state index in [0.717, 1.165) is 61.2 Å². The van der Waals surface area contributed by atoms with Gasteiger partial charge in [-0.25, -0.2) is 4.99 Å². The van der Waals surface area contributed by atoms with Crippen LogP contribution in [0.4, 0.5) is 5.69 Å². The van der Waals surface area contributed by atoms with Gasteiger partial charge in [0.2, 0.25) is 0 Å². The van der Waals surface area contributed by atoms with Crippen molar-refractivity contribution in [3.05, 3.63) is 59.4 Å². The van der Waals surface area contributed by atoms with Crippen molar-refractivity contribution in [3.63, 3.8) is 0 Å². The Morgan fingerprint density at radius 3 is 2.83 bits per heavy atom. The van der Waals surface area contributed by atoms with Crippen molar-refractivity contribution >= 4 is 11.5 Å². The van der Waals surface area contributed by atoms with Gasteiger partial charge >= 0.3 is 0 Å². The summed E-state index contributed by atoms with van der Waals surface area (Å²) in [4.78, 5) is 7.34. The Kier molecular flexibility index (Phi) is 3.75. The van der Waals surface area contributed by atoms with Crippen LogP contribution in [0, 0.1) is 0 Å². The molecule has 4 rings (SSSR count). The minimum absolute atomic E-state index is 0.828. The van der Waals surface area contributed by atoms with Crippen molar-refractivity contribution in [2.24, 2.45) is 4.99 Å². The first-order chi connectivity index (χ1) is 11.3. The number of nitrogens with zero attached hydrogens (tertiary/aromatic N) is 2. The topological polar surface area (TPSA) is 36.9 Å². The summed E-state index contributed by atoms with van der Waals surface area (Å²) in [6.07, 6.45) is 7.46. The first-order valence-corrected chi connectivity index (χ1v) is 8.22. The summed E-state index contributed by atoms with van der Waals surface area (Å²) < 4.78 is 6.21. The van der Waals surface area contributed by atoms with Crippen LogP contribution in [0.15, 0.2) is 64.4 Å². The highest BCUT2D eigenvalue weighted by atomic mass is 16.5. The molecule has 3 aliphatic rings. The standard InChI is InChI=1S/C19H21N3O/c1-14-5-4-8-17-15(13-14)19(22-11-9-20-10-12-22)21-16-6-2-3-7-18(16)23-17/h2-3,5-8,13,20H,4,9-12H2,1H3. The van der Waals surface area contributed by atoms with E-state index >= 15 is 0 Å². The molecule has 1 aromatic carbocycles. The molecule has 1 fully saturated rings. The Balaban J connectivity index is 1.86. The normalized spacial score (nSPS) is 20.7. The van der Waals surface area contributed by atoms with Gasteiger partial charge < -0.3 is 15.0 Å². The SMILES string of the molecule is CC1=CCC=C2Oc3ccccc3N=C(N3CCNCC3)C2=C1. The van der Waals surface area contributed by atoms with Gasteiger partial charge in [-0.2, -0.15) is 0 Å². The van der Waals surface area contributed by atoms with Crippen LogP contribution in [0.3, 0.4) is 0 Å². The second-order valence-corrected chi connectivity index (χ2v) is 6.05. The average molecular weight is 307 g/mol. The van der Waals surface area contributed by atoms with Crippen molar-refractivity contribution < 1.29 is 4.74 Å². The van der Waals surface area contributed by atoms with E-state index in [1.807, 2.05) is 24.3 Å². The van der Waals surface area contributed by atoms with Crippen molar-refractivity contribution in [1.29, 1.82) is 0 Å². The van der Waals surface area contributed by atoms with E-state index in [-0.39, 0.29) is 0 Å². The van der Waals surface area contributed by atoms with Crippen LogP contribution in [0.2, 0.25) is 0 Å². The number of fused-ring (bicyclic) bond motifs is 2. The number of para-hydroxylation sites is 2. The molecule has 1 N–H and O–H groups in total. The molecular weight excluding hydrogens is 286 g/mol. The average Bonchev–Trinajstić information content (AvgIpc) is 2.85. The summed E-state index contributed by atoms with van der Waals surface area (Å²) >= 11 is 0. The highest BCUT2D eigenvalue weighted by Gasteiger charge is 2.26. The number of nitrogens with one attached hydrogen (secondary N) is 1. The van der Waals surface area contributed by atoms with Gasteiger partial charge in [-0.3, -0.25) is 0 Å². The van der Waals surface area contributed by atoms with Crippen molar-refractivity contribution in [2.45, 2.75) is 13.3 Å². The van der Waals surface area contributed by atoms with Crippen molar-refractivity contribution in [1.82, 2.24) is 10.2 Å². The van der Waals surface area contributed by atoms with Gasteiger partial charge in [0.15, 0.2) is 5.75 Å². The molecule has 1 aliphatic carbocycles. The number of amidine groups is 1. The smallest absolute Gasteiger partial charge is 0.153 e. The molecule has 1 aromatic rings. The van der Waals surface area contributed by atoms with Crippen LogP contribution in [-0.4, -0.2) is 36.9 Å². The summed E-state index contributed by atoms with van der Waals surface area (Å²) in [5, 5.41) is 3.41. The van der Waals surface area contributed by atoms with Crippen molar-refractivity contribution in [3.8, 4) is 5.75 Å². The molecular formula is C19H21N3O. The van der Waals surface area contributed by atoms with Gasteiger partial charge in [-0.1, -0.05) is 23.8 Å². The van der Waals surface area contributed by atoms with Gasteiger partial charge in [0.25, 0.3) is 0 Å². The van der Waals surface area contributed by atoms with Gasteiger partial charge in [0.05, 0.1) is 5.57 Å². The van der Waals surface area contributed by atoms with E-state index < -0.39 is 0 Å². The van der Waals surface area contributed by atoms with Crippen LogP contribution >= 0.6 is 0 Å². The summed E-state index contributed by atoms with van der Waals surface area (Å²) in [6.45, 7) is 6.05. The largest absolute Gasteiger partial charge is 0.455 e. The van der Waals surface area contributed by atoms with E-state index in [1.165, 1.54) is 5.57 Å². The molecule has 0 saturated carbocycles. The Morgan fingerprint density at radius 2 is 1.96 bits per heavy atom. The molecule has 2 aliphatic heterocycles. The van der Waals surface area contributed by atoms with Gasteiger partial charge in [-0.05, 0) is 37.6 Å². The number of piperazine rings is 1. The number of benzene rings is 1. The lowest BCUT2D eigenvalue weighted by Crippen LogP contribution is -2.47. The lowest BCUT2D eigenvalue weighted by Gasteiger charge is -2.31. The zero-order valence-electron chi connectivity index (χ0n) is 13.4. The maximum Gasteiger partial charge on any atom is 0.153 e. The lowest BCUT2D eigenvalue weighted by molar-refractivity contribution is 0.356. The second kappa shape index (κ2) is 6.05. The van der Waals surface area contributed by atoms with E-state index in [9.17, 15) is 0 Å². The highest BCUT2D eigenvalue weighted by molar-refractivity contribution is 6.04. The van der Waals surface area contributed by atoms with Crippen LogP contribution < -0.4 is 10.1 Å². The first kappa shape index (κ1) is 14.3. The maximum atomic E-state index is 6.21. The molecule has 4 nitrogen and oxygen atoms in total.